The van der Waals surface area contributed by atoms with Crippen LogP contribution in [0.4, 0.5) is 17.2 Å². The van der Waals surface area contributed by atoms with Crippen molar-refractivity contribution in [3.63, 3.8) is 0 Å². The molecule has 0 fully saturated rings. The molecule has 0 aliphatic heterocycles. The van der Waals surface area contributed by atoms with Crippen LogP contribution in [0.15, 0.2) is 47.1 Å². The molecule has 0 aliphatic rings. The van der Waals surface area contributed by atoms with Crippen molar-refractivity contribution in [2.24, 2.45) is 0 Å². The fourth-order valence-electron chi connectivity index (χ4n) is 1.97. The summed E-state index contributed by atoms with van der Waals surface area (Å²) in [5, 5.41) is 10.4. The summed E-state index contributed by atoms with van der Waals surface area (Å²) < 4.78 is 4.89. The van der Waals surface area contributed by atoms with Crippen molar-refractivity contribution in [1.82, 2.24) is 10.1 Å². The number of benzene rings is 1. The van der Waals surface area contributed by atoms with E-state index < -0.39 is 0 Å². The van der Waals surface area contributed by atoms with E-state index in [-0.39, 0.29) is 11.6 Å². The van der Waals surface area contributed by atoms with E-state index in [0.29, 0.717) is 33.0 Å². The average Bonchev–Trinajstić information content (AvgIpc) is 2.96. The molecule has 0 spiro atoms. The molecule has 0 radical (unpaired) electrons. The van der Waals surface area contributed by atoms with Gasteiger partial charge in [-0.2, -0.15) is 0 Å². The number of hydrogen-bond acceptors (Lipinski definition) is 5. The van der Waals surface area contributed by atoms with Crippen LogP contribution in [0.5, 0.6) is 0 Å². The summed E-state index contributed by atoms with van der Waals surface area (Å²) in [5.41, 5.74) is 1.48. The van der Waals surface area contributed by atoms with E-state index in [1.54, 1.807) is 43.3 Å². The van der Waals surface area contributed by atoms with Crippen molar-refractivity contribution in [3.8, 4) is 0 Å². The minimum atomic E-state index is -0.384. The second kappa shape index (κ2) is 6.90. The molecule has 2 aromatic heterocycles. The van der Waals surface area contributed by atoms with Crippen molar-refractivity contribution in [1.29, 1.82) is 0 Å². The number of carbonyl (C=O) groups is 1. The minimum absolute atomic E-state index is 0.242. The van der Waals surface area contributed by atoms with E-state index in [0.717, 1.165) is 0 Å². The Bertz CT molecular complexity index is 858. The molecular formula is C16H12Cl2N4O2. The van der Waals surface area contributed by atoms with Gasteiger partial charge in [-0.05, 0) is 31.2 Å². The smallest absolute Gasteiger partial charge is 0.275 e. The van der Waals surface area contributed by atoms with Crippen LogP contribution in [0.1, 0.15) is 16.2 Å². The van der Waals surface area contributed by atoms with Crippen molar-refractivity contribution < 1.29 is 9.32 Å². The Morgan fingerprint density at radius 2 is 1.92 bits per heavy atom. The highest BCUT2D eigenvalue weighted by atomic mass is 35.5. The first-order valence-electron chi connectivity index (χ1n) is 6.94. The molecule has 0 bridgehead atoms. The van der Waals surface area contributed by atoms with Gasteiger partial charge in [0.2, 0.25) is 0 Å². The van der Waals surface area contributed by atoms with E-state index in [2.05, 4.69) is 20.8 Å². The van der Waals surface area contributed by atoms with Crippen LogP contribution in [0.3, 0.4) is 0 Å². The molecule has 3 rings (SSSR count). The topological polar surface area (TPSA) is 80.0 Å². The first kappa shape index (κ1) is 16.3. The molecule has 0 unspecified atom stereocenters. The van der Waals surface area contributed by atoms with Gasteiger partial charge in [0.1, 0.15) is 11.5 Å². The fourth-order valence-corrected chi connectivity index (χ4v) is 2.46. The Hall–Kier alpha value is -2.57. The van der Waals surface area contributed by atoms with E-state index in [4.69, 9.17) is 27.7 Å². The molecule has 6 nitrogen and oxygen atoms in total. The third-order valence-corrected chi connectivity index (χ3v) is 3.73. The number of nitrogens with zero attached hydrogens (tertiary/aromatic N) is 2. The number of aryl methyl sites for hydroxylation is 1. The van der Waals surface area contributed by atoms with Gasteiger partial charge in [0.25, 0.3) is 5.91 Å². The second-order valence-corrected chi connectivity index (χ2v) is 5.75. The first-order chi connectivity index (χ1) is 11.5. The molecule has 24 heavy (non-hydrogen) atoms. The Balaban J connectivity index is 1.72. The van der Waals surface area contributed by atoms with Gasteiger partial charge in [0.05, 0.1) is 27.6 Å². The summed E-state index contributed by atoms with van der Waals surface area (Å²) in [6, 6.07) is 10.1. The number of carbonyl (C=O) groups excluding carboxylic acids is 1. The van der Waals surface area contributed by atoms with Crippen LogP contribution < -0.4 is 10.6 Å². The van der Waals surface area contributed by atoms with Crippen LogP contribution in [0, 0.1) is 6.92 Å². The molecule has 1 amide bonds. The van der Waals surface area contributed by atoms with Gasteiger partial charge in [0, 0.05) is 6.07 Å². The first-order valence-corrected chi connectivity index (χ1v) is 7.70. The monoisotopic (exact) mass is 362 g/mol. The molecule has 0 saturated carbocycles. The number of para-hydroxylation sites is 1. The van der Waals surface area contributed by atoms with Crippen molar-refractivity contribution in [2.45, 2.75) is 6.92 Å². The zero-order valence-corrected chi connectivity index (χ0v) is 14.0. The lowest BCUT2D eigenvalue weighted by molar-refractivity contribution is 0.102. The Morgan fingerprint density at radius 3 is 2.50 bits per heavy atom. The fraction of sp³-hybridized carbons (Fsp3) is 0.0625. The predicted octanol–water partition coefficient (Wildman–Crippen LogP) is 4.68. The highest BCUT2D eigenvalue weighted by Crippen LogP contribution is 2.32. The normalized spacial score (nSPS) is 10.5. The minimum Gasteiger partial charge on any atom is -0.360 e. The molecule has 122 valence electrons. The molecule has 0 atom stereocenters. The van der Waals surface area contributed by atoms with Crippen molar-refractivity contribution >= 4 is 46.3 Å². The number of amides is 1. The summed E-state index contributed by atoms with van der Waals surface area (Å²) in [6.07, 6.45) is 1.52. The molecule has 8 heteroatoms. The lowest BCUT2D eigenvalue weighted by atomic mass is 10.2. The van der Waals surface area contributed by atoms with Crippen molar-refractivity contribution in [3.05, 3.63) is 64.1 Å². The number of rotatable bonds is 4. The molecule has 2 N–H and O–H groups in total. The largest absolute Gasteiger partial charge is 0.360 e. The van der Waals surface area contributed by atoms with Gasteiger partial charge in [-0.3, -0.25) is 4.79 Å². The number of pyridine rings is 1. The summed E-state index contributed by atoms with van der Waals surface area (Å²) in [7, 11) is 0. The Kier molecular flexibility index (Phi) is 4.69. The van der Waals surface area contributed by atoms with Crippen molar-refractivity contribution in [2.75, 3.05) is 10.6 Å². The standard InChI is InChI=1S/C16H12Cl2N4O2/c1-9-7-14(22-24-9)21-16(23)13-6-5-10(8-19-13)20-15-11(17)3-2-4-12(15)18/h2-8,20H,1H3,(H,21,22,23). The lowest BCUT2D eigenvalue weighted by Crippen LogP contribution is -2.13. The van der Waals surface area contributed by atoms with Gasteiger partial charge >= 0.3 is 0 Å². The number of nitrogens with one attached hydrogen (secondary N) is 2. The molecule has 0 aliphatic carbocycles. The summed E-state index contributed by atoms with van der Waals surface area (Å²) in [5.74, 6) is 0.560. The molecule has 2 heterocycles. The van der Waals surface area contributed by atoms with Crippen LogP contribution in [-0.2, 0) is 0 Å². The van der Waals surface area contributed by atoms with Gasteiger partial charge < -0.3 is 15.2 Å². The Morgan fingerprint density at radius 1 is 1.17 bits per heavy atom. The molecule has 3 aromatic rings. The van der Waals surface area contributed by atoms with E-state index >= 15 is 0 Å². The zero-order chi connectivity index (χ0) is 17.1. The maximum absolute atomic E-state index is 12.1. The third kappa shape index (κ3) is 3.67. The predicted molar refractivity (Wildman–Crippen MR) is 93.2 cm³/mol. The molecular weight excluding hydrogens is 351 g/mol. The van der Waals surface area contributed by atoms with Crippen LogP contribution in [0.2, 0.25) is 10.0 Å². The zero-order valence-electron chi connectivity index (χ0n) is 12.5. The molecule has 0 saturated heterocycles. The summed E-state index contributed by atoms with van der Waals surface area (Å²) in [4.78, 5) is 16.2. The number of halogens is 2. The van der Waals surface area contributed by atoms with Crippen LogP contribution in [-0.4, -0.2) is 16.0 Å². The third-order valence-electron chi connectivity index (χ3n) is 3.10. The second-order valence-electron chi connectivity index (χ2n) is 4.93. The van der Waals surface area contributed by atoms with E-state index in [1.807, 2.05) is 0 Å². The SMILES string of the molecule is Cc1cc(NC(=O)c2ccc(Nc3c(Cl)cccc3Cl)cn2)no1. The van der Waals surface area contributed by atoms with E-state index in [9.17, 15) is 4.79 Å². The van der Waals surface area contributed by atoms with Gasteiger partial charge in [-0.1, -0.05) is 34.4 Å². The maximum atomic E-state index is 12.1. The Labute approximate surface area is 147 Å². The van der Waals surface area contributed by atoms with E-state index in [1.165, 1.54) is 6.20 Å². The molecule has 1 aromatic carbocycles. The number of aromatic nitrogens is 2. The van der Waals surface area contributed by atoms with Gasteiger partial charge in [-0.15, -0.1) is 0 Å². The maximum Gasteiger partial charge on any atom is 0.275 e. The highest BCUT2D eigenvalue weighted by Gasteiger charge is 2.11. The summed E-state index contributed by atoms with van der Waals surface area (Å²) >= 11 is 12.2. The quantitative estimate of drug-likeness (QED) is 0.704. The average molecular weight is 363 g/mol. The lowest BCUT2D eigenvalue weighted by Gasteiger charge is -2.10. The van der Waals surface area contributed by atoms with Gasteiger partial charge in [0.15, 0.2) is 5.82 Å². The van der Waals surface area contributed by atoms with Crippen LogP contribution >= 0.6 is 23.2 Å². The number of hydrogen-bond donors (Lipinski definition) is 2. The highest BCUT2D eigenvalue weighted by molar-refractivity contribution is 6.39. The van der Waals surface area contributed by atoms with Gasteiger partial charge in [-0.25, -0.2) is 4.98 Å². The summed E-state index contributed by atoms with van der Waals surface area (Å²) in [6.45, 7) is 1.74. The number of anilines is 3. The van der Waals surface area contributed by atoms with Crippen LogP contribution in [0.25, 0.3) is 0 Å².